The first-order chi connectivity index (χ1) is 7.75. The molecule has 2 heterocycles. The van der Waals surface area contributed by atoms with Crippen LogP contribution >= 0.6 is 12.4 Å². The number of nitrogens with zero attached hydrogens (tertiary/aromatic N) is 2. The van der Waals surface area contributed by atoms with Gasteiger partial charge in [-0.1, -0.05) is 0 Å². The van der Waals surface area contributed by atoms with E-state index < -0.39 is 0 Å². The van der Waals surface area contributed by atoms with Crippen LogP contribution in [0.5, 0.6) is 0 Å². The van der Waals surface area contributed by atoms with Gasteiger partial charge in [-0.15, -0.1) is 12.4 Å². The normalized spacial score (nSPS) is 26.4. The Bertz CT molecular complexity index is 244. The number of piperidine rings is 2. The van der Waals surface area contributed by atoms with E-state index in [1.165, 1.54) is 19.3 Å². The van der Waals surface area contributed by atoms with Gasteiger partial charge in [-0.3, -0.25) is 9.69 Å². The van der Waals surface area contributed by atoms with Crippen molar-refractivity contribution in [2.45, 2.75) is 38.1 Å². The third-order valence-electron chi connectivity index (χ3n) is 3.61. The molecule has 2 fully saturated rings. The molecule has 5 heteroatoms. The topological polar surface area (TPSA) is 49.6 Å². The number of carbonyl (C=O) groups excluding carboxylic acids is 1. The van der Waals surface area contributed by atoms with Crippen LogP contribution < -0.4 is 5.73 Å². The highest BCUT2D eigenvalue weighted by molar-refractivity contribution is 5.85. The summed E-state index contributed by atoms with van der Waals surface area (Å²) in [5.74, 6) is 0.300. The number of nitrogens with two attached hydrogens (primary N) is 1. The molecule has 0 aliphatic carbocycles. The lowest BCUT2D eigenvalue weighted by Crippen LogP contribution is -2.48. The molecule has 2 rings (SSSR count). The third-order valence-corrected chi connectivity index (χ3v) is 3.61. The minimum Gasteiger partial charge on any atom is -0.342 e. The van der Waals surface area contributed by atoms with Crippen molar-refractivity contribution in [3.63, 3.8) is 0 Å². The van der Waals surface area contributed by atoms with Crippen LogP contribution in [0.3, 0.4) is 0 Å². The Morgan fingerprint density at radius 2 is 1.82 bits per heavy atom. The van der Waals surface area contributed by atoms with E-state index in [1.54, 1.807) is 0 Å². The first-order valence-electron chi connectivity index (χ1n) is 6.51. The standard InChI is InChI=1S/C12H23N3O.ClH/c13-11-5-4-6-14(9-11)10-12(16)15-7-2-1-3-8-15;/h11H,1-10,13H2;1H/t11-;/m1./s1. The Kier molecular flexibility index (Phi) is 6.23. The Labute approximate surface area is 110 Å². The molecular weight excluding hydrogens is 238 g/mol. The molecule has 4 nitrogen and oxygen atoms in total. The largest absolute Gasteiger partial charge is 0.342 e. The minimum atomic E-state index is 0. The van der Waals surface area contributed by atoms with Gasteiger partial charge in [0.05, 0.1) is 6.54 Å². The summed E-state index contributed by atoms with van der Waals surface area (Å²) in [6.07, 6.45) is 5.86. The fourth-order valence-corrected chi connectivity index (χ4v) is 2.67. The zero-order valence-electron chi connectivity index (χ0n) is 10.4. The van der Waals surface area contributed by atoms with Crippen LogP contribution in [-0.2, 0) is 4.79 Å². The van der Waals surface area contributed by atoms with E-state index >= 15 is 0 Å². The summed E-state index contributed by atoms with van der Waals surface area (Å²) in [6.45, 7) is 4.41. The molecule has 0 aromatic heterocycles. The second-order valence-electron chi connectivity index (χ2n) is 5.08. The summed E-state index contributed by atoms with van der Waals surface area (Å²) in [7, 11) is 0. The molecule has 17 heavy (non-hydrogen) atoms. The number of rotatable bonds is 2. The van der Waals surface area contributed by atoms with Crippen molar-refractivity contribution in [2.24, 2.45) is 5.73 Å². The SMILES string of the molecule is Cl.N[C@@H]1CCCN(CC(=O)N2CCCCC2)C1. The Morgan fingerprint density at radius 3 is 2.47 bits per heavy atom. The van der Waals surface area contributed by atoms with Crippen molar-refractivity contribution >= 4 is 18.3 Å². The van der Waals surface area contributed by atoms with Gasteiger partial charge in [0.2, 0.25) is 5.91 Å². The van der Waals surface area contributed by atoms with Crippen molar-refractivity contribution in [3.05, 3.63) is 0 Å². The number of likely N-dealkylation sites (tertiary alicyclic amines) is 2. The predicted molar refractivity (Wildman–Crippen MR) is 71.3 cm³/mol. The maximum absolute atomic E-state index is 12.0. The predicted octanol–water partition coefficient (Wildman–Crippen LogP) is 0.844. The fraction of sp³-hybridized carbons (Fsp3) is 0.917. The van der Waals surface area contributed by atoms with Crippen LogP contribution in [0.2, 0.25) is 0 Å². The molecule has 0 saturated carbocycles. The molecule has 1 atom stereocenters. The van der Waals surface area contributed by atoms with Crippen LogP contribution in [0, 0.1) is 0 Å². The second kappa shape index (κ2) is 7.19. The van der Waals surface area contributed by atoms with Crippen LogP contribution in [0.1, 0.15) is 32.1 Å². The average Bonchev–Trinajstić information content (AvgIpc) is 2.30. The molecule has 1 amide bonds. The van der Waals surface area contributed by atoms with Gasteiger partial charge in [-0.05, 0) is 38.6 Å². The summed E-state index contributed by atoms with van der Waals surface area (Å²) in [6, 6.07) is 0.267. The van der Waals surface area contributed by atoms with Crippen LogP contribution in [0.4, 0.5) is 0 Å². The van der Waals surface area contributed by atoms with E-state index in [0.717, 1.165) is 39.0 Å². The number of hydrogen-bond donors (Lipinski definition) is 1. The highest BCUT2D eigenvalue weighted by atomic mass is 35.5. The van der Waals surface area contributed by atoms with Crippen LogP contribution in [0.25, 0.3) is 0 Å². The van der Waals surface area contributed by atoms with Gasteiger partial charge in [0.15, 0.2) is 0 Å². The molecule has 0 bridgehead atoms. The van der Waals surface area contributed by atoms with E-state index in [1.807, 2.05) is 4.90 Å². The number of carbonyl (C=O) groups is 1. The molecule has 2 aliphatic rings. The zero-order valence-corrected chi connectivity index (χ0v) is 11.3. The van der Waals surface area contributed by atoms with Crippen molar-refractivity contribution < 1.29 is 4.79 Å². The highest BCUT2D eigenvalue weighted by Crippen LogP contribution is 2.11. The summed E-state index contributed by atoms with van der Waals surface area (Å²) in [5.41, 5.74) is 5.91. The van der Waals surface area contributed by atoms with Gasteiger partial charge in [0.1, 0.15) is 0 Å². The van der Waals surface area contributed by atoms with E-state index in [9.17, 15) is 4.79 Å². The monoisotopic (exact) mass is 261 g/mol. The Morgan fingerprint density at radius 1 is 1.12 bits per heavy atom. The summed E-state index contributed by atoms with van der Waals surface area (Å²) in [5, 5.41) is 0. The summed E-state index contributed by atoms with van der Waals surface area (Å²) >= 11 is 0. The Hall–Kier alpha value is -0.320. The molecule has 100 valence electrons. The lowest BCUT2D eigenvalue weighted by atomic mass is 10.1. The summed E-state index contributed by atoms with van der Waals surface area (Å²) < 4.78 is 0. The van der Waals surface area contributed by atoms with Gasteiger partial charge in [-0.2, -0.15) is 0 Å². The van der Waals surface area contributed by atoms with E-state index in [4.69, 9.17) is 5.73 Å². The number of amides is 1. The van der Waals surface area contributed by atoms with Crippen molar-refractivity contribution in [1.82, 2.24) is 9.80 Å². The third kappa shape index (κ3) is 4.45. The lowest BCUT2D eigenvalue weighted by molar-refractivity contribution is -0.133. The molecule has 0 unspecified atom stereocenters. The molecule has 0 aromatic carbocycles. The first kappa shape index (κ1) is 14.7. The quantitative estimate of drug-likeness (QED) is 0.802. The average molecular weight is 262 g/mol. The molecular formula is C12H24ClN3O. The summed E-state index contributed by atoms with van der Waals surface area (Å²) in [4.78, 5) is 16.2. The molecule has 2 N–H and O–H groups in total. The fourth-order valence-electron chi connectivity index (χ4n) is 2.67. The zero-order chi connectivity index (χ0) is 11.4. The van der Waals surface area contributed by atoms with Crippen molar-refractivity contribution in [3.8, 4) is 0 Å². The van der Waals surface area contributed by atoms with Gasteiger partial charge in [0, 0.05) is 25.7 Å². The minimum absolute atomic E-state index is 0. The van der Waals surface area contributed by atoms with Crippen molar-refractivity contribution in [1.29, 1.82) is 0 Å². The van der Waals surface area contributed by atoms with Gasteiger partial charge in [0.25, 0.3) is 0 Å². The smallest absolute Gasteiger partial charge is 0.236 e. The maximum atomic E-state index is 12.0. The number of halogens is 1. The first-order valence-corrected chi connectivity index (χ1v) is 6.51. The Balaban J connectivity index is 0.00000144. The van der Waals surface area contributed by atoms with E-state index in [2.05, 4.69) is 4.90 Å². The molecule has 0 spiro atoms. The van der Waals surface area contributed by atoms with Crippen molar-refractivity contribution in [2.75, 3.05) is 32.7 Å². The lowest BCUT2D eigenvalue weighted by Gasteiger charge is -2.33. The second-order valence-corrected chi connectivity index (χ2v) is 5.08. The number of hydrogen-bond acceptors (Lipinski definition) is 3. The van der Waals surface area contributed by atoms with Gasteiger partial charge < -0.3 is 10.6 Å². The van der Waals surface area contributed by atoms with Crippen LogP contribution in [-0.4, -0.2) is 54.5 Å². The molecule has 2 saturated heterocycles. The van der Waals surface area contributed by atoms with Gasteiger partial charge in [-0.25, -0.2) is 0 Å². The maximum Gasteiger partial charge on any atom is 0.236 e. The van der Waals surface area contributed by atoms with Crippen LogP contribution in [0.15, 0.2) is 0 Å². The highest BCUT2D eigenvalue weighted by Gasteiger charge is 2.22. The molecule has 2 aliphatic heterocycles. The van der Waals surface area contributed by atoms with E-state index in [-0.39, 0.29) is 18.4 Å². The van der Waals surface area contributed by atoms with E-state index in [0.29, 0.717) is 12.5 Å². The molecule has 0 radical (unpaired) electrons. The molecule has 0 aromatic rings. The van der Waals surface area contributed by atoms with Gasteiger partial charge >= 0.3 is 0 Å².